The molecule has 9 heteroatoms. The zero-order valence-corrected chi connectivity index (χ0v) is 12.6. The average molecular weight is 293 g/mol. The number of rotatable bonds is 6. The summed E-state index contributed by atoms with van der Waals surface area (Å²) in [6.07, 6.45) is 2.04. The van der Waals surface area contributed by atoms with Crippen molar-refractivity contribution >= 4 is 5.97 Å². The number of aliphatic carboxylic acids is 1. The van der Waals surface area contributed by atoms with Crippen LogP contribution in [0.2, 0.25) is 0 Å². The largest absolute Gasteiger partial charge is 0.481 e. The molecule has 0 aliphatic rings. The zero-order chi connectivity index (χ0) is 15.6. The molecular formula is C12H19N7O2. The van der Waals surface area contributed by atoms with E-state index in [0.29, 0.717) is 24.5 Å². The second kappa shape index (κ2) is 5.58. The van der Waals surface area contributed by atoms with E-state index in [-0.39, 0.29) is 6.04 Å². The van der Waals surface area contributed by atoms with Crippen molar-refractivity contribution in [1.82, 2.24) is 35.2 Å². The summed E-state index contributed by atoms with van der Waals surface area (Å²) in [5, 5.41) is 28.7. The normalized spacial score (nSPS) is 12.0. The van der Waals surface area contributed by atoms with Gasteiger partial charge in [0.15, 0.2) is 5.82 Å². The number of tetrazole rings is 1. The first-order valence-corrected chi connectivity index (χ1v) is 6.69. The quantitative estimate of drug-likeness (QED) is 0.827. The fourth-order valence-corrected chi connectivity index (χ4v) is 1.89. The summed E-state index contributed by atoms with van der Waals surface area (Å²) >= 11 is 0. The maximum Gasteiger partial charge on any atom is 0.309 e. The van der Waals surface area contributed by atoms with Gasteiger partial charge in [0, 0.05) is 12.6 Å². The van der Waals surface area contributed by atoms with Gasteiger partial charge in [-0.15, -0.1) is 10.2 Å². The van der Waals surface area contributed by atoms with E-state index in [2.05, 4.69) is 25.8 Å². The van der Waals surface area contributed by atoms with Crippen molar-refractivity contribution in [3.8, 4) is 0 Å². The first kappa shape index (κ1) is 15.1. The summed E-state index contributed by atoms with van der Waals surface area (Å²) < 4.78 is 3.32. The molecule has 2 aromatic heterocycles. The van der Waals surface area contributed by atoms with E-state index in [9.17, 15) is 4.79 Å². The highest BCUT2D eigenvalue weighted by atomic mass is 16.4. The third kappa shape index (κ3) is 3.41. The van der Waals surface area contributed by atoms with Crippen molar-refractivity contribution in [3.05, 3.63) is 17.7 Å². The van der Waals surface area contributed by atoms with Gasteiger partial charge in [0.1, 0.15) is 6.54 Å². The number of carboxylic acid groups (broad SMARTS) is 1. The lowest BCUT2D eigenvalue weighted by molar-refractivity contribution is -0.146. The SMILES string of the molecule is CC(C)n1nnnc1Cn1cc(CC(C)(C)C(=O)O)nn1. The van der Waals surface area contributed by atoms with Crippen molar-refractivity contribution in [2.45, 2.75) is 46.7 Å². The van der Waals surface area contributed by atoms with Crippen molar-refractivity contribution in [3.63, 3.8) is 0 Å². The molecule has 2 heterocycles. The Morgan fingerprint density at radius 1 is 1.33 bits per heavy atom. The Labute approximate surface area is 122 Å². The molecule has 0 spiro atoms. The molecule has 0 amide bonds. The lowest BCUT2D eigenvalue weighted by Crippen LogP contribution is -2.26. The number of hydrogen-bond donors (Lipinski definition) is 1. The Morgan fingerprint density at radius 3 is 2.67 bits per heavy atom. The molecule has 0 saturated heterocycles. The van der Waals surface area contributed by atoms with Gasteiger partial charge >= 0.3 is 5.97 Å². The Balaban J connectivity index is 2.10. The summed E-state index contributed by atoms with van der Waals surface area (Å²) in [5.41, 5.74) is -0.244. The van der Waals surface area contributed by atoms with Crippen LogP contribution < -0.4 is 0 Å². The van der Waals surface area contributed by atoms with Gasteiger partial charge in [-0.2, -0.15) is 0 Å². The van der Waals surface area contributed by atoms with E-state index in [0.717, 1.165) is 0 Å². The fraction of sp³-hybridized carbons (Fsp3) is 0.667. The number of carboxylic acids is 1. The van der Waals surface area contributed by atoms with E-state index >= 15 is 0 Å². The molecule has 2 rings (SSSR count). The van der Waals surface area contributed by atoms with Crippen LogP contribution in [0.1, 0.15) is 45.3 Å². The van der Waals surface area contributed by atoms with Gasteiger partial charge in [-0.3, -0.25) is 4.79 Å². The molecule has 1 N–H and O–H groups in total. The minimum absolute atomic E-state index is 0.156. The third-order valence-electron chi connectivity index (χ3n) is 3.14. The number of carbonyl (C=O) groups is 1. The monoisotopic (exact) mass is 293 g/mol. The van der Waals surface area contributed by atoms with E-state index in [1.54, 1.807) is 29.4 Å². The van der Waals surface area contributed by atoms with E-state index in [1.165, 1.54) is 0 Å². The van der Waals surface area contributed by atoms with Gasteiger partial charge in [0.05, 0.1) is 17.2 Å². The molecule has 0 atom stereocenters. The van der Waals surface area contributed by atoms with Crippen LogP contribution in [-0.4, -0.2) is 46.3 Å². The van der Waals surface area contributed by atoms with Crippen LogP contribution in [0.5, 0.6) is 0 Å². The molecule has 114 valence electrons. The van der Waals surface area contributed by atoms with E-state index in [1.807, 2.05) is 13.8 Å². The van der Waals surface area contributed by atoms with Crippen LogP contribution in [0.3, 0.4) is 0 Å². The highest BCUT2D eigenvalue weighted by molar-refractivity contribution is 5.73. The molecular weight excluding hydrogens is 274 g/mol. The lowest BCUT2D eigenvalue weighted by Gasteiger charge is -2.16. The van der Waals surface area contributed by atoms with Gasteiger partial charge < -0.3 is 5.11 Å². The predicted octanol–water partition coefficient (Wildman–Crippen LogP) is 0.547. The van der Waals surface area contributed by atoms with Gasteiger partial charge in [0.2, 0.25) is 0 Å². The highest BCUT2D eigenvalue weighted by Crippen LogP contribution is 2.20. The van der Waals surface area contributed by atoms with Crippen molar-refractivity contribution in [2.24, 2.45) is 5.41 Å². The van der Waals surface area contributed by atoms with Crippen molar-refractivity contribution < 1.29 is 9.90 Å². The Kier molecular flexibility index (Phi) is 4.01. The van der Waals surface area contributed by atoms with Crippen LogP contribution in [0, 0.1) is 5.41 Å². The summed E-state index contributed by atoms with van der Waals surface area (Å²) in [6.45, 7) is 7.69. The first-order chi connectivity index (χ1) is 9.79. The predicted molar refractivity (Wildman–Crippen MR) is 72.4 cm³/mol. The summed E-state index contributed by atoms with van der Waals surface area (Å²) in [7, 11) is 0. The lowest BCUT2D eigenvalue weighted by atomic mass is 9.88. The molecule has 0 bridgehead atoms. The maximum absolute atomic E-state index is 11.1. The van der Waals surface area contributed by atoms with Crippen LogP contribution in [0.15, 0.2) is 6.20 Å². The summed E-state index contributed by atoms with van der Waals surface area (Å²) in [6, 6.07) is 0.156. The summed E-state index contributed by atoms with van der Waals surface area (Å²) in [4.78, 5) is 11.1. The van der Waals surface area contributed by atoms with E-state index in [4.69, 9.17) is 5.11 Å². The van der Waals surface area contributed by atoms with E-state index < -0.39 is 11.4 Å². The second-order valence-corrected chi connectivity index (χ2v) is 5.91. The van der Waals surface area contributed by atoms with Gasteiger partial charge in [-0.1, -0.05) is 5.21 Å². The molecule has 9 nitrogen and oxygen atoms in total. The topological polar surface area (TPSA) is 112 Å². The zero-order valence-electron chi connectivity index (χ0n) is 12.6. The van der Waals surface area contributed by atoms with Gasteiger partial charge in [0.25, 0.3) is 0 Å². The molecule has 0 aromatic carbocycles. The molecule has 21 heavy (non-hydrogen) atoms. The molecule has 0 saturated carbocycles. The smallest absolute Gasteiger partial charge is 0.309 e. The molecule has 0 aliphatic carbocycles. The Bertz CT molecular complexity index is 629. The van der Waals surface area contributed by atoms with Crippen molar-refractivity contribution in [2.75, 3.05) is 0 Å². The number of hydrogen-bond acceptors (Lipinski definition) is 6. The van der Waals surface area contributed by atoms with Gasteiger partial charge in [-0.05, 0) is 38.1 Å². The van der Waals surface area contributed by atoms with Crippen LogP contribution in [-0.2, 0) is 17.8 Å². The molecule has 0 radical (unpaired) electrons. The fourth-order valence-electron chi connectivity index (χ4n) is 1.89. The number of aromatic nitrogens is 7. The highest BCUT2D eigenvalue weighted by Gasteiger charge is 2.28. The summed E-state index contributed by atoms with van der Waals surface area (Å²) in [5.74, 6) is -0.181. The minimum Gasteiger partial charge on any atom is -0.481 e. The van der Waals surface area contributed by atoms with Crippen LogP contribution in [0.25, 0.3) is 0 Å². The maximum atomic E-state index is 11.1. The molecule has 0 unspecified atom stereocenters. The van der Waals surface area contributed by atoms with Crippen LogP contribution >= 0.6 is 0 Å². The number of nitrogens with zero attached hydrogens (tertiary/aromatic N) is 7. The molecule has 2 aromatic rings. The Hall–Kier alpha value is -2.32. The van der Waals surface area contributed by atoms with Crippen molar-refractivity contribution in [1.29, 1.82) is 0 Å². The average Bonchev–Trinajstić information content (AvgIpc) is 2.98. The molecule has 0 aliphatic heterocycles. The minimum atomic E-state index is -0.875. The molecule has 0 fully saturated rings. The van der Waals surface area contributed by atoms with Crippen LogP contribution in [0.4, 0.5) is 0 Å². The first-order valence-electron chi connectivity index (χ1n) is 6.69. The van der Waals surface area contributed by atoms with Gasteiger partial charge in [-0.25, -0.2) is 9.36 Å². The third-order valence-corrected chi connectivity index (χ3v) is 3.14. The second-order valence-electron chi connectivity index (χ2n) is 5.91. The standard InChI is InChI=1S/C12H19N7O2/c1-8(2)19-10(14-15-17-19)7-18-6-9(13-16-18)5-12(3,4)11(20)21/h6,8H,5,7H2,1-4H3,(H,20,21). The Morgan fingerprint density at radius 2 is 2.05 bits per heavy atom.